The Kier molecular flexibility index (Phi) is 5.87. The molecule has 1 aliphatic heterocycles. The fraction of sp³-hybridized carbons (Fsp3) is 0.409. The van der Waals surface area contributed by atoms with Crippen LogP contribution in [0.25, 0.3) is 0 Å². The average Bonchev–Trinajstić information content (AvgIpc) is 2.67. The zero-order valence-electron chi connectivity index (χ0n) is 15.7. The van der Waals surface area contributed by atoms with E-state index in [0.29, 0.717) is 30.3 Å². The van der Waals surface area contributed by atoms with Crippen LogP contribution >= 0.6 is 11.6 Å². The summed E-state index contributed by atoms with van der Waals surface area (Å²) in [6, 6.07) is 14.2. The van der Waals surface area contributed by atoms with Gasteiger partial charge >= 0.3 is 0 Å². The van der Waals surface area contributed by atoms with E-state index in [-0.39, 0.29) is 17.1 Å². The van der Waals surface area contributed by atoms with Gasteiger partial charge in [-0.2, -0.15) is 0 Å². The largest absolute Gasteiger partial charge is 0.381 e. The van der Waals surface area contributed by atoms with Crippen LogP contribution in [-0.2, 0) is 20.4 Å². The maximum atomic E-state index is 14.2. The summed E-state index contributed by atoms with van der Waals surface area (Å²) in [5.74, 6) is -0.574. The molecule has 1 aliphatic rings. The van der Waals surface area contributed by atoms with Crippen LogP contribution in [0.2, 0.25) is 5.02 Å². The standard InChI is InChI=1S/C22H25ClFNO2/c1-21(2,17-8-4-6-10-19(17)24)20(26)25-15-22(11-13-27-14-12-22)16-7-3-5-9-18(16)23/h3-10H,11-15H2,1-2H3,(H,25,26). The minimum absolute atomic E-state index is 0.203. The topological polar surface area (TPSA) is 38.3 Å². The van der Waals surface area contributed by atoms with Crippen LogP contribution in [0.1, 0.15) is 37.8 Å². The van der Waals surface area contributed by atoms with E-state index >= 15 is 0 Å². The Labute approximate surface area is 164 Å². The Morgan fingerprint density at radius 1 is 1.15 bits per heavy atom. The molecule has 1 amide bonds. The maximum absolute atomic E-state index is 14.2. The monoisotopic (exact) mass is 389 g/mol. The van der Waals surface area contributed by atoms with Crippen molar-refractivity contribution in [2.75, 3.05) is 19.8 Å². The van der Waals surface area contributed by atoms with Gasteiger partial charge in [0, 0.05) is 35.8 Å². The first-order chi connectivity index (χ1) is 12.9. The highest BCUT2D eigenvalue weighted by Crippen LogP contribution is 2.38. The molecule has 144 valence electrons. The lowest BCUT2D eigenvalue weighted by Crippen LogP contribution is -2.49. The van der Waals surface area contributed by atoms with Gasteiger partial charge in [0.15, 0.2) is 0 Å². The Hall–Kier alpha value is -1.91. The van der Waals surface area contributed by atoms with Crippen LogP contribution in [0, 0.1) is 5.82 Å². The number of amides is 1. The molecule has 0 atom stereocenters. The second kappa shape index (κ2) is 7.99. The number of hydrogen-bond donors (Lipinski definition) is 1. The molecule has 3 nitrogen and oxygen atoms in total. The highest BCUT2D eigenvalue weighted by atomic mass is 35.5. The Morgan fingerprint density at radius 3 is 2.44 bits per heavy atom. The summed E-state index contributed by atoms with van der Waals surface area (Å²) in [7, 11) is 0. The van der Waals surface area contributed by atoms with E-state index in [2.05, 4.69) is 5.32 Å². The normalized spacial score (nSPS) is 16.7. The third kappa shape index (κ3) is 4.02. The molecule has 0 aromatic heterocycles. The fourth-order valence-electron chi connectivity index (χ4n) is 3.76. The van der Waals surface area contributed by atoms with E-state index in [1.54, 1.807) is 32.0 Å². The molecule has 0 saturated carbocycles. The average molecular weight is 390 g/mol. The molecule has 0 aliphatic carbocycles. The van der Waals surface area contributed by atoms with Crippen molar-refractivity contribution >= 4 is 17.5 Å². The summed E-state index contributed by atoms with van der Waals surface area (Å²) in [6.07, 6.45) is 1.55. The first-order valence-corrected chi connectivity index (χ1v) is 9.61. The van der Waals surface area contributed by atoms with Crippen LogP contribution in [0.3, 0.4) is 0 Å². The van der Waals surface area contributed by atoms with Crippen molar-refractivity contribution in [1.29, 1.82) is 0 Å². The first kappa shape index (κ1) is 19.8. The van der Waals surface area contributed by atoms with E-state index in [0.717, 1.165) is 18.4 Å². The van der Waals surface area contributed by atoms with E-state index in [4.69, 9.17) is 16.3 Å². The highest BCUT2D eigenvalue weighted by Gasteiger charge is 2.39. The smallest absolute Gasteiger partial charge is 0.230 e. The molecule has 2 aromatic carbocycles. The van der Waals surface area contributed by atoms with Gasteiger partial charge in [0.05, 0.1) is 5.41 Å². The van der Waals surface area contributed by atoms with Crippen molar-refractivity contribution in [2.24, 2.45) is 0 Å². The molecular weight excluding hydrogens is 365 g/mol. The number of halogens is 2. The minimum Gasteiger partial charge on any atom is -0.381 e. The van der Waals surface area contributed by atoms with Crippen molar-refractivity contribution in [3.05, 3.63) is 70.5 Å². The Balaban J connectivity index is 1.83. The van der Waals surface area contributed by atoms with Crippen LogP contribution in [0.5, 0.6) is 0 Å². The number of benzene rings is 2. The third-order valence-corrected chi connectivity index (χ3v) is 5.93. The number of hydrogen-bond acceptors (Lipinski definition) is 2. The molecule has 1 heterocycles. The Morgan fingerprint density at radius 2 is 1.78 bits per heavy atom. The lowest BCUT2D eigenvalue weighted by molar-refractivity contribution is -0.126. The van der Waals surface area contributed by atoms with Gasteiger partial charge in [-0.25, -0.2) is 4.39 Å². The van der Waals surface area contributed by atoms with Gasteiger partial charge in [-0.1, -0.05) is 48.0 Å². The molecule has 0 unspecified atom stereocenters. The van der Waals surface area contributed by atoms with Crippen molar-refractivity contribution in [2.45, 2.75) is 37.5 Å². The Bertz CT molecular complexity index is 815. The van der Waals surface area contributed by atoms with Gasteiger partial charge in [-0.05, 0) is 44.4 Å². The molecule has 27 heavy (non-hydrogen) atoms. The lowest BCUT2D eigenvalue weighted by Gasteiger charge is -2.39. The number of carbonyl (C=O) groups excluding carboxylic acids is 1. The van der Waals surface area contributed by atoms with Gasteiger partial charge in [-0.15, -0.1) is 0 Å². The van der Waals surface area contributed by atoms with Gasteiger partial charge < -0.3 is 10.1 Å². The quantitative estimate of drug-likeness (QED) is 0.810. The summed E-state index contributed by atoms with van der Waals surface area (Å²) in [5, 5.41) is 3.76. The van der Waals surface area contributed by atoms with Crippen molar-refractivity contribution < 1.29 is 13.9 Å². The van der Waals surface area contributed by atoms with E-state index < -0.39 is 5.41 Å². The fourth-order valence-corrected chi connectivity index (χ4v) is 4.09. The lowest BCUT2D eigenvalue weighted by atomic mass is 9.73. The number of carbonyl (C=O) groups is 1. The van der Waals surface area contributed by atoms with Crippen molar-refractivity contribution in [3.8, 4) is 0 Å². The summed E-state index contributed by atoms with van der Waals surface area (Å²) >= 11 is 6.47. The molecule has 1 saturated heterocycles. The summed E-state index contributed by atoms with van der Waals surface area (Å²) in [4.78, 5) is 13.0. The first-order valence-electron chi connectivity index (χ1n) is 9.23. The SMILES string of the molecule is CC(C)(C(=O)NCC1(c2ccccc2Cl)CCOCC1)c1ccccc1F. The second-order valence-corrected chi connectivity index (χ2v) is 8.07. The van der Waals surface area contributed by atoms with Gasteiger partial charge in [0.1, 0.15) is 5.82 Å². The molecular formula is C22H25ClFNO2. The molecule has 3 rings (SSSR count). The molecule has 0 radical (unpaired) electrons. The second-order valence-electron chi connectivity index (χ2n) is 7.66. The molecule has 1 N–H and O–H groups in total. The predicted octanol–water partition coefficient (Wildman–Crippen LogP) is 4.62. The number of rotatable bonds is 5. The zero-order chi connectivity index (χ0) is 19.5. The summed E-state index contributed by atoms with van der Waals surface area (Å²) in [6.45, 7) is 5.17. The van der Waals surface area contributed by atoms with Crippen molar-refractivity contribution in [1.82, 2.24) is 5.32 Å². The van der Waals surface area contributed by atoms with E-state index in [1.807, 2.05) is 24.3 Å². The molecule has 1 fully saturated rings. The highest BCUT2D eigenvalue weighted by molar-refractivity contribution is 6.31. The number of nitrogens with one attached hydrogen (secondary N) is 1. The molecule has 2 aromatic rings. The maximum Gasteiger partial charge on any atom is 0.230 e. The molecule has 0 spiro atoms. The third-order valence-electron chi connectivity index (χ3n) is 5.60. The summed E-state index contributed by atoms with van der Waals surface area (Å²) in [5.41, 5.74) is 0.163. The number of ether oxygens (including phenoxy) is 1. The van der Waals surface area contributed by atoms with Crippen LogP contribution in [0.4, 0.5) is 4.39 Å². The van der Waals surface area contributed by atoms with E-state index in [1.165, 1.54) is 6.07 Å². The van der Waals surface area contributed by atoms with E-state index in [9.17, 15) is 9.18 Å². The molecule has 5 heteroatoms. The minimum atomic E-state index is -0.974. The molecule has 0 bridgehead atoms. The summed E-state index contributed by atoms with van der Waals surface area (Å²) < 4.78 is 19.8. The van der Waals surface area contributed by atoms with Crippen molar-refractivity contribution in [3.63, 3.8) is 0 Å². The van der Waals surface area contributed by atoms with Gasteiger partial charge in [0.25, 0.3) is 0 Å². The van der Waals surface area contributed by atoms with Crippen LogP contribution in [-0.4, -0.2) is 25.7 Å². The predicted molar refractivity (Wildman–Crippen MR) is 106 cm³/mol. The zero-order valence-corrected chi connectivity index (χ0v) is 16.5. The van der Waals surface area contributed by atoms with Gasteiger partial charge in [0.2, 0.25) is 5.91 Å². The van der Waals surface area contributed by atoms with Gasteiger partial charge in [-0.3, -0.25) is 4.79 Å². The van der Waals surface area contributed by atoms with Crippen LogP contribution < -0.4 is 5.32 Å². The van der Waals surface area contributed by atoms with Crippen LogP contribution in [0.15, 0.2) is 48.5 Å².